The molecule has 0 aromatic carbocycles. The molecule has 1 saturated heterocycles. The summed E-state index contributed by atoms with van der Waals surface area (Å²) in [5.74, 6) is 0.613. The summed E-state index contributed by atoms with van der Waals surface area (Å²) in [6.07, 6.45) is 0.653. The standard InChI is InChI=1S/C14H29N3O2/c1-12(2)4-11-19-13(3)14(18)16-7-10-17-8-5-15-6-9-17/h12-13,15H,4-11H2,1-3H3,(H,16,18). The van der Waals surface area contributed by atoms with Crippen LogP contribution in [-0.4, -0.2) is 62.8 Å². The molecular weight excluding hydrogens is 242 g/mol. The van der Waals surface area contributed by atoms with Gasteiger partial charge in [0.2, 0.25) is 5.91 Å². The Labute approximate surface area is 117 Å². The normalized spacial score (nSPS) is 18.5. The molecule has 5 heteroatoms. The van der Waals surface area contributed by atoms with Gasteiger partial charge >= 0.3 is 0 Å². The van der Waals surface area contributed by atoms with Crippen LogP contribution < -0.4 is 10.6 Å². The first-order chi connectivity index (χ1) is 9.09. The quantitative estimate of drug-likeness (QED) is 0.673. The van der Waals surface area contributed by atoms with Crippen LogP contribution in [0.1, 0.15) is 27.2 Å². The molecule has 2 N–H and O–H groups in total. The minimum Gasteiger partial charge on any atom is -0.369 e. The van der Waals surface area contributed by atoms with Gasteiger partial charge in [-0.1, -0.05) is 13.8 Å². The van der Waals surface area contributed by atoms with Crippen LogP contribution in [0.15, 0.2) is 0 Å². The van der Waals surface area contributed by atoms with Crippen LogP contribution >= 0.6 is 0 Å². The van der Waals surface area contributed by atoms with Gasteiger partial charge in [0, 0.05) is 45.9 Å². The number of rotatable bonds is 8. The number of amides is 1. The molecule has 0 aromatic rings. The molecule has 0 bridgehead atoms. The molecule has 5 nitrogen and oxygen atoms in total. The lowest BCUT2D eigenvalue weighted by molar-refractivity contribution is -0.131. The zero-order valence-electron chi connectivity index (χ0n) is 12.6. The minimum absolute atomic E-state index is 0.00103. The van der Waals surface area contributed by atoms with Crippen LogP contribution in [0, 0.1) is 5.92 Å². The molecule has 1 rings (SSSR count). The van der Waals surface area contributed by atoms with Gasteiger partial charge in [-0.05, 0) is 19.3 Å². The van der Waals surface area contributed by atoms with E-state index in [0.29, 0.717) is 19.1 Å². The van der Waals surface area contributed by atoms with Crippen LogP contribution in [0.2, 0.25) is 0 Å². The SMILES string of the molecule is CC(C)CCOC(C)C(=O)NCCN1CCNCC1. The number of piperazine rings is 1. The van der Waals surface area contributed by atoms with E-state index in [9.17, 15) is 4.79 Å². The van der Waals surface area contributed by atoms with Gasteiger partial charge in [0.25, 0.3) is 0 Å². The maximum atomic E-state index is 11.8. The van der Waals surface area contributed by atoms with Gasteiger partial charge in [-0.15, -0.1) is 0 Å². The topological polar surface area (TPSA) is 53.6 Å². The summed E-state index contributed by atoms with van der Waals surface area (Å²) in [5.41, 5.74) is 0. The van der Waals surface area contributed by atoms with Crippen molar-refractivity contribution < 1.29 is 9.53 Å². The van der Waals surface area contributed by atoms with Gasteiger partial charge in [0.05, 0.1) is 0 Å². The van der Waals surface area contributed by atoms with E-state index >= 15 is 0 Å². The van der Waals surface area contributed by atoms with E-state index in [2.05, 4.69) is 29.4 Å². The predicted molar refractivity (Wildman–Crippen MR) is 77.2 cm³/mol. The maximum absolute atomic E-state index is 11.8. The van der Waals surface area contributed by atoms with E-state index in [-0.39, 0.29) is 12.0 Å². The van der Waals surface area contributed by atoms with Crippen molar-refractivity contribution in [3.8, 4) is 0 Å². The molecule has 0 saturated carbocycles. The Morgan fingerprint density at radius 3 is 2.63 bits per heavy atom. The van der Waals surface area contributed by atoms with E-state index in [1.807, 2.05) is 6.92 Å². The van der Waals surface area contributed by atoms with Crippen molar-refractivity contribution in [2.75, 3.05) is 45.9 Å². The number of carbonyl (C=O) groups is 1. The molecule has 1 aliphatic rings. The summed E-state index contributed by atoms with van der Waals surface area (Å²) in [6.45, 7) is 12.6. The second kappa shape index (κ2) is 9.28. The molecule has 19 heavy (non-hydrogen) atoms. The highest BCUT2D eigenvalue weighted by Crippen LogP contribution is 2.01. The van der Waals surface area contributed by atoms with Gasteiger partial charge in [-0.3, -0.25) is 9.69 Å². The third kappa shape index (κ3) is 7.50. The Morgan fingerprint density at radius 2 is 2.00 bits per heavy atom. The van der Waals surface area contributed by atoms with Crippen molar-refractivity contribution in [2.24, 2.45) is 5.92 Å². The first-order valence-corrected chi connectivity index (χ1v) is 7.42. The highest BCUT2D eigenvalue weighted by molar-refractivity contribution is 5.80. The summed E-state index contributed by atoms with van der Waals surface area (Å²) in [7, 11) is 0. The molecule has 0 spiro atoms. The number of hydrogen-bond donors (Lipinski definition) is 2. The van der Waals surface area contributed by atoms with E-state index in [4.69, 9.17) is 4.74 Å². The summed E-state index contributed by atoms with van der Waals surface area (Å²) in [6, 6.07) is 0. The molecule has 1 atom stereocenters. The fourth-order valence-corrected chi connectivity index (χ4v) is 1.97. The van der Waals surface area contributed by atoms with Crippen molar-refractivity contribution in [2.45, 2.75) is 33.3 Å². The van der Waals surface area contributed by atoms with Crippen LogP contribution in [0.4, 0.5) is 0 Å². The smallest absolute Gasteiger partial charge is 0.248 e. The van der Waals surface area contributed by atoms with Crippen molar-refractivity contribution in [3.05, 3.63) is 0 Å². The lowest BCUT2D eigenvalue weighted by Crippen LogP contribution is -2.47. The van der Waals surface area contributed by atoms with Gasteiger partial charge in [0.1, 0.15) is 6.10 Å². The Balaban J connectivity index is 2.05. The van der Waals surface area contributed by atoms with Crippen LogP contribution in [0.5, 0.6) is 0 Å². The average Bonchev–Trinajstić information content (AvgIpc) is 2.39. The average molecular weight is 271 g/mol. The highest BCUT2D eigenvalue weighted by atomic mass is 16.5. The van der Waals surface area contributed by atoms with E-state index in [0.717, 1.165) is 39.1 Å². The Bertz CT molecular complexity index is 253. The lowest BCUT2D eigenvalue weighted by Gasteiger charge is -2.27. The van der Waals surface area contributed by atoms with Crippen LogP contribution in [0.3, 0.4) is 0 Å². The summed E-state index contributed by atoms with van der Waals surface area (Å²) < 4.78 is 5.52. The lowest BCUT2D eigenvalue weighted by atomic mass is 10.1. The van der Waals surface area contributed by atoms with E-state index in [1.165, 1.54) is 0 Å². The second-order valence-electron chi connectivity index (χ2n) is 5.58. The molecule has 0 aliphatic carbocycles. The zero-order chi connectivity index (χ0) is 14.1. The van der Waals surface area contributed by atoms with Crippen LogP contribution in [-0.2, 0) is 9.53 Å². The van der Waals surface area contributed by atoms with Crippen LogP contribution in [0.25, 0.3) is 0 Å². The largest absolute Gasteiger partial charge is 0.369 e. The van der Waals surface area contributed by atoms with Gasteiger partial charge in [-0.2, -0.15) is 0 Å². The Hall–Kier alpha value is -0.650. The monoisotopic (exact) mass is 271 g/mol. The molecule has 1 aliphatic heterocycles. The van der Waals surface area contributed by atoms with Crippen molar-refractivity contribution in [3.63, 3.8) is 0 Å². The first kappa shape index (κ1) is 16.4. The number of ether oxygens (including phenoxy) is 1. The number of carbonyl (C=O) groups excluding carboxylic acids is 1. The maximum Gasteiger partial charge on any atom is 0.248 e. The minimum atomic E-state index is -0.346. The van der Waals surface area contributed by atoms with E-state index in [1.54, 1.807) is 0 Å². The van der Waals surface area contributed by atoms with Crippen molar-refractivity contribution in [1.29, 1.82) is 0 Å². The molecule has 0 aromatic heterocycles. The number of hydrogen-bond acceptors (Lipinski definition) is 4. The van der Waals surface area contributed by atoms with Gasteiger partial charge < -0.3 is 15.4 Å². The second-order valence-corrected chi connectivity index (χ2v) is 5.58. The van der Waals surface area contributed by atoms with E-state index < -0.39 is 0 Å². The fraction of sp³-hybridized carbons (Fsp3) is 0.929. The van der Waals surface area contributed by atoms with Crippen molar-refractivity contribution in [1.82, 2.24) is 15.5 Å². The molecule has 1 unspecified atom stereocenters. The molecular formula is C14H29N3O2. The summed E-state index contributed by atoms with van der Waals surface area (Å²) in [5, 5.41) is 6.26. The molecule has 1 amide bonds. The third-order valence-corrected chi connectivity index (χ3v) is 3.37. The molecule has 0 radical (unpaired) electrons. The molecule has 1 fully saturated rings. The molecule has 1 heterocycles. The van der Waals surface area contributed by atoms with Gasteiger partial charge in [0.15, 0.2) is 0 Å². The Kier molecular flexibility index (Phi) is 8.02. The zero-order valence-corrected chi connectivity index (χ0v) is 12.6. The Morgan fingerprint density at radius 1 is 1.32 bits per heavy atom. The first-order valence-electron chi connectivity index (χ1n) is 7.42. The third-order valence-electron chi connectivity index (χ3n) is 3.37. The fourth-order valence-electron chi connectivity index (χ4n) is 1.97. The van der Waals surface area contributed by atoms with Gasteiger partial charge in [-0.25, -0.2) is 0 Å². The predicted octanol–water partition coefficient (Wildman–Crippen LogP) is 0.459. The number of nitrogens with zero attached hydrogens (tertiary/aromatic N) is 1. The highest BCUT2D eigenvalue weighted by Gasteiger charge is 2.14. The summed E-state index contributed by atoms with van der Waals surface area (Å²) in [4.78, 5) is 14.2. The molecule has 112 valence electrons. The summed E-state index contributed by atoms with van der Waals surface area (Å²) >= 11 is 0. The van der Waals surface area contributed by atoms with Crippen molar-refractivity contribution >= 4 is 5.91 Å². The number of nitrogens with one attached hydrogen (secondary N) is 2.